The maximum atomic E-state index is 12.9. The fraction of sp³-hybridized carbons (Fsp3) is 0.500. The first-order valence-corrected chi connectivity index (χ1v) is 11.5. The largest absolute Gasteiger partial charge is 0.354 e. The Bertz CT molecular complexity index is 864. The van der Waals surface area contributed by atoms with Crippen LogP contribution in [0, 0.1) is 0 Å². The molecule has 0 spiro atoms. The predicted molar refractivity (Wildman–Crippen MR) is 119 cm³/mol. The Labute approximate surface area is 181 Å². The number of carbonyl (C=O) groups excluding carboxylic acids is 2. The number of likely N-dealkylation sites (tertiary alicyclic amines) is 1. The maximum absolute atomic E-state index is 12.9. The Morgan fingerprint density at radius 1 is 1.17 bits per heavy atom. The first-order chi connectivity index (χ1) is 14.6. The Balaban J connectivity index is 1.37. The Morgan fingerprint density at radius 2 is 2.00 bits per heavy atom. The van der Waals surface area contributed by atoms with Crippen molar-refractivity contribution >= 4 is 29.0 Å². The Morgan fingerprint density at radius 3 is 2.77 bits per heavy atom. The summed E-state index contributed by atoms with van der Waals surface area (Å²) in [5, 5.41) is 5.04. The summed E-state index contributed by atoms with van der Waals surface area (Å²) in [4.78, 5) is 37.6. The van der Waals surface area contributed by atoms with Gasteiger partial charge in [-0.15, -0.1) is 11.3 Å². The molecule has 1 N–H and O–H groups in total. The molecule has 4 heterocycles. The zero-order valence-corrected chi connectivity index (χ0v) is 18.2. The molecule has 2 fully saturated rings. The van der Waals surface area contributed by atoms with Gasteiger partial charge in [-0.25, -0.2) is 4.98 Å². The average Bonchev–Trinajstić information content (AvgIpc) is 3.45. The Hall–Kier alpha value is -2.45. The number of thiophene rings is 1. The van der Waals surface area contributed by atoms with Gasteiger partial charge in [0, 0.05) is 55.9 Å². The van der Waals surface area contributed by atoms with Gasteiger partial charge in [-0.05, 0) is 37.4 Å². The van der Waals surface area contributed by atoms with Crippen LogP contribution in [0.4, 0.5) is 5.82 Å². The van der Waals surface area contributed by atoms with Gasteiger partial charge in [-0.3, -0.25) is 9.59 Å². The molecule has 2 amide bonds. The van der Waals surface area contributed by atoms with E-state index in [1.54, 1.807) is 22.4 Å². The van der Waals surface area contributed by atoms with Crippen molar-refractivity contribution in [2.75, 3.05) is 44.7 Å². The van der Waals surface area contributed by atoms with E-state index in [2.05, 4.69) is 27.1 Å². The fourth-order valence-electron chi connectivity index (χ4n) is 4.17. The molecule has 8 heteroatoms. The number of hydrogen-bond acceptors (Lipinski definition) is 6. The molecule has 30 heavy (non-hydrogen) atoms. The molecule has 2 aliphatic rings. The molecule has 2 aliphatic heterocycles. The van der Waals surface area contributed by atoms with Gasteiger partial charge in [0.2, 0.25) is 11.8 Å². The SMILES string of the molecule is CN1CCN(c2ncccc2CNC(=O)C2CCCN2C(=O)Cc2cccs2)CC1. The second-order valence-electron chi connectivity index (χ2n) is 8.00. The first-order valence-electron chi connectivity index (χ1n) is 10.6. The molecule has 2 aromatic heterocycles. The van der Waals surface area contributed by atoms with Crippen molar-refractivity contribution < 1.29 is 9.59 Å². The molecule has 160 valence electrons. The molecule has 0 saturated carbocycles. The van der Waals surface area contributed by atoms with E-state index >= 15 is 0 Å². The van der Waals surface area contributed by atoms with Crippen LogP contribution in [-0.4, -0.2) is 72.4 Å². The van der Waals surface area contributed by atoms with Gasteiger partial charge in [-0.2, -0.15) is 0 Å². The van der Waals surface area contributed by atoms with Crippen LogP contribution in [0.3, 0.4) is 0 Å². The summed E-state index contributed by atoms with van der Waals surface area (Å²) in [7, 11) is 2.13. The third-order valence-electron chi connectivity index (χ3n) is 5.90. The summed E-state index contributed by atoms with van der Waals surface area (Å²) < 4.78 is 0. The zero-order chi connectivity index (χ0) is 20.9. The highest BCUT2D eigenvalue weighted by molar-refractivity contribution is 7.10. The van der Waals surface area contributed by atoms with Gasteiger partial charge in [0.05, 0.1) is 6.42 Å². The second-order valence-corrected chi connectivity index (χ2v) is 9.03. The highest BCUT2D eigenvalue weighted by atomic mass is 32.1. The van der Waals surface area contributed by atoms with E-state index in [0.717, 1.165) is 55.3 Å². The fourth-order valence-corrected chi connectivity index (χ4v) is 4.87. The van der Waals surface area contributed by atoms with Crippen molar-refractivity contribution in [1.82, 2.24) is 20.1 Å². The van der Waals surface area contributed by atoms with Crippen LogP contribution in [0.5, 0.6) is 0 Å². The second kappa shape index (κ2) is 9.57. The topological polar surface area (TPSA) is 68.8 Å². The van der Waals surface area contributed by atoms with Crippen molar-refractivity contribution in [3.63, 3.8) is 0 Å². The lowest BCUT2D eigenvalue weighted by Crippen LogP contribution is -2.47. The van der Waals surface area contributed by atoms with Crippen molar-refractivity contribution in [2.24, 2.45) is 0 Å². The number of aromatic nitrogens is 1. The number of nitrogens with one attached hydrogen (secondary N) is 1. The number of anilines is 1. The normalized spacial score (nSPS) is 19.8. The van der Waals surface area contributed by atoms with Crippen LogP contribution in [0.15, 0.2) is 35.8 Å². The van der Waals surface area contributed by atoms with Crippen LogP contribution >= 0.6 is 11.3 Å². The number of likely N-dealkylation sites (N-methyl/N-ethyl adjacent to an activating group) is 1. The minimum absolute atomic E-state index is 0.0367. The Kier molecular flexibility index (Phi) is 6.64. The molecule has 1 unspecified atom stereocenters. The molecular formula is C22H29N5O2S. The lowest BCUT2D eigenvalue weighted by molar-refractivity contribution is -0.138. The molecule has 0 aromatic carbocycles. The summed E-state index contributed by atoms with van der Waals surface area (Å²) in [6.45, 7) is 4.96. The number of rotatable bonds is 6. The van der Waals surface area contributed by atoms with Crippen LogP contribution in [0.25, 0.3) is 0 Å². The van der Waals surface area contributed by atoms with E-state index < -0.39 is 0 Å². The van der Waals surface area contributed by atoms with Crippen LogP contribution in [-0.2, 0) is 22.6 Å². The van der Waals surface area contributed by atoms with Crippen LogP contribution < -0.4 is 10.2 Å². The van der Waals surface area contributed by atoms with Gasteiger partial charge in [0.15, 0.2) is 0 Å². The monoisotopic (exact) mass is 427 g/mol. The van der Waals surface area contributed by atoms with Gasteiger partial charge >= 0.3 is 0 Å². The van der Waals surface area contributed by atoms with E-state index in [-0.39, 0.29) is 17.9 Å². The van der Waals surface area contributed by atoms with Crippen molar-refractivity contribution in [2.45, 2.75) is 31.8 Å². The average molecular weight is 428 g/mol. The van der Waals surface area contributed by atoms with Gasteiger partial charge in [-0.1, -0.05) is 12.1 Å². The molecule has 0 bridgehead atoms. The van der Waals surface area contributed by atoms with E-state index in [0.29, 0.717) is 19.5 Å². The highest BCUT2D eigenvalue weighted by Crippen LogP contribution is 2.22. The highest BCUT2D eigenvalue weighted by Gasteiger charge is 2.34. The van der Waals surface area contributed by atoms with E-state index in [1.807, 2.05) is 29.6 Å². The van der Waals surface area contributed by atoms with Crippen molar-refractivity contribution in [3.05, 3.63) is 46.3 Å². The van der Waals surface area contributed by atoms with E-state index in [9.17, 15) is 9.59 Å². The summed E-state index contributed by atoms with van der Waals surface area (Å²) >= 11 is 1.58. The molecule has 0 aliphatic carbocycles. The molecule has 2 saturated heterocycles. The summed E-state index contributed by atoms with van der Waals surface area (Å²) in [5.74, 6) is 0.915. The molecule has 1 atom stereocenters. The number of amides is 2. The van der Waals surface area contributed by atoms with E-state index in [1.165, 1.54) is 0 Å². The number of nitrogens with zero attached hydrogens (tertiary/aromatic N) is 4. The summed E-state index contributed by atoms with van der Waals surface area (Å²) in [6.07, 6.45) is 3.77. The van der Waals surface area contributed by atoms with Crippen molar-refractivity contribution in [1.29, 1.82) is 0 Å². The van der Waals surface area contributed by atoms with Gasteiger partial charge in [0.1, 0.15) is 11.9 Å². The first kappa shape index (κ1) is 20.8. The standard InChI is InChI=1S/C22H29N5O2S/c1-25-10-12-26(13-11-25)21-17(5-2-8-23-21)16-24-22(29)19-7-3-9-27(19)20(28)15-18-6-4-14-30-18/h2,4-6,8,14,19H,3,7,9-13,15-16H2,1H3,(H,24,29). The molecule has 4 rings (SSSR count). The quantitative estimate of drug-likeness (QED) is 0.761. The number of carbonyl (C=O) groups is 2. The molecule has 0 radical (unpaired) electrons. The lowest BCUT2D eigenvalue weighted by Gasteiger charge is -2.34. The smallest absolute Gasteiger partial charge is 0.243 e. The zero-order valence-electron chi connectivity index (χ0n) is 17.4. The van der Waals surface area contributed by atoms with Crippen molar-refractivity contribution in [3.8, 4) is 0 Å². The third-order valence-corrected chi connectivity index (χ3v) is 6.78. The number of piperazine rings is 1. The summed E-state index contributed by atoms with van der Waals surface area (Å²) in [5.41, 5.74) is 1.02. The molecule has 2 aromatic rings. The predicted octanol–water partition coefficient (Wildman–Crippen LogP) is 1.74. The minimum Gasteiger partial charge on any atom is -0.354 e. The molecule has 7 nitrogen and oxygen atoms in total. The number of pyridine rings is 1. The summed E-state index contributed by atoms with van der Waals surface area (Å²) in [6, 6.07) is 7.48. The number of hydrogen-bond donors (Lipinski definition) is 1. The van der Waals surface area contributed by atoms with Crippen LogP contribution in [0.1, 0.15) is 23.3 Å². The van der Waals surface area contributed by atoms with Crippen LogP contribution in [0.2, 0.25) is 0 Å². The lowest BCUT2D eigenvalue weighted by atomic mass is 10.1. The maximum Gasteiger partial charge on any atom is 0.243 e. The molecular weight excluding hydrogens is 398 g/mol. The van der Waals surface area contributed by atoms with Gasteiger partial charge in [0.25, 0.3) is 0 Å². The van der Waals surface area contributed by atoms with E-state index in [4.69, 9.17) is 0 Å². The third kappa shape index (κ3) is 4.82. The van der Waals surface area contributed by atoms with Gasteiger partial charge < -0.3 is 20.0 Å². The minimum atomic E-state index is -0.374.